The molecule has 0 spiro atoms. The first kappa shape index (κ1) is 12.2. The molecule has 0 fully saturated rings. The third-order valence-corrected chi connectivity index (χ3v) is 2.56. The van der Waals surface area contributed by atoms with Gasteiger partial charge in [0, 0.05) is 7.05 Å². The van der Waals surface area contributed by atoms with Crippen LogP contribution in [-0.4, -0.2) is 20.6 Å². The summed E-state index contributed by atoms with van der Waals surface area (Å²) in [5, 5.41) is 8.72. The Balaban J connectivity index is 2.01. The van der Waals surface area contributed by atoms with Crippen LogP contribution in [-0.2, 0) is 24.9 Å². The number of imidazole rings is 1. The molecule has 0 radical (unpaired) electrons. The van der Waals surface area contributed by atoms with E-state index in [0.29, 0.717) is 12.4 Å². The Morgan fingerprint density at radius 1 is 1.50 bits per heavy atom. The number of carbonyl (C=O) groups is 1. The average molecular weight is 246 g/mol. The van der Waals surface area contributed by atoms with Gasteiger partial charge in [-0.2, -0.15) is 0 Å². The highest BCUT2D eigenvalue weighted by molar-refractivity contribution is 5.70. The minimum absolute atomic E-state index is 0.00289. The van der Waals surface area contributed by atoms with E-state index < -0.39 is 5.97 Å². The molecular formula is C13H14N2O3. The van der Waals surface area contributed by atoms with E-state index in [1.54, 1.807) is 30.7 Å². The summed E-state index contributed by atoms with van der Waals surface area (Å²) in [6.45, 7) is 0.410. The highest BCUT2D eigenvalue weighted by Gasteiger charge is 2.03. The van der Waals surface area contributed by atoms with Gasteiger partial charge < -0.3 is 14.4 Å². The lowest BCUT2D eigenvalue weighted by atomic mass is 10.1. The van der Waals surface area contributed by atoms with Crippen molar-refractivity contribution < 1.29 is 14.6 Å². The van der Waals surface area contributed by atoms with Gasteiger partial charge in [-0.05, 0) is 17.7 Å². The van der Waals surface area contributed by atoms with Crippen molar-refractivity contribution >= 4 is 5.97 Å². The van der Waals surface area contributed by atoms with Gasteiger partial charge in [-0.3, -0.25) is 4.79 Å². The predicted molar refractivity (Wildman–Crippen MR) is 65.3 cm³/mol. The Labute approximate surface area is 105 Å². The van der Waals surface area contributed by atoms with Crippen molar-refractivity contribution in [3.8, 4) is 5.75 Å². The van der Waals surface area contributed by atoms with E-state index in [4.69, 9.17) is 9.84 Å². The Morgan fingerprint density at radius 2 is 2.33 bits per heavy atom. The van der Waals surface area contributed by atoms with E-state index in [9.17, 15) is 4.79 Å². The molecule has 2 aromatic rings. The molecule has 0 saturated heterocycles. The molecule has 2 rings (SSSR count). The molecule has 1 N–H and O–H groups in total. The number of carboxylic acid groups (broad SMARTS) is 1. The zero-order valence-electron chi connectivity index (χ0n) is 10.0. The molecule has 0 atom stereocenters. The second kappa shape index (κ2) is 5.35. The zero-order valence-corrected chi connectivity index (χ0v) is 10.0. The van der Waals surface area contributed by atoms with Crippen LogP contribution in [0.3, 0.4) is 0 Å². The molecule has 1 aromatic heterocycles. The average Bonchev–Trinajstić information content (AvgIpc) is 2.72. The first-order chi connectivity index (χ1) is 8.65. The summed E-state index contributed by atoms with van der Waals surface area (Å²) in [5.41, 5.74) is 1.68. The van der Waals surface area contributed by atoms with Gasteiger partial charge in [0.15, 0.2) is 0 Å². The molecule has 18 heavy (non-hydrogen) atoms. The Kier molecular flexibility index (Phi) is 3.62. The molecule has 0 amide bonds. The van der Waals surface area contributed by atoms with Crippen molar-refractivity contribution in [3.05, 3.63) is 48.0 Å². The van der Waals surface area contributed by atoms with Crippen molar-refractivity contribution in [1.29, 1.82) is 0 Å². The summed E-state index contributed by atoms with van der Waals surface area (Å²) in [7, 11) is 1.90. The van der Waals surface area contributed by atoms with E-state index in [2.05, 4.69) is 4.98 Å². The van der Waals surface area contributed by atoms with Crippen LogP contribution in [0.1, 0.15) is 11.3 Å². The van der Waals surface area contributed by atoms with Gasteiger partial charge in [-0.25, -0.2) is 4.98 Å². The van der Waals surface area contributed by atoms with Gasteiger partial charge in [0.25, 0.3) is 0 Å². The standard InChI is InChI=1S/C13H14N2O3/c1-15-9-14-7-11(15)8-18-12-4-2-3-10(5-12)6-13(16)17/h2-5,7,9H,6,8H2,1H3,(H,16,17). The lowest BCUT2D eigenvalue weighted by molar-refractivity contribution is -0.136. The third-order valence-electron chi connectivity index (χ3n) is 2.56. The van der Waals surface area contributed by atoms with Crippen molar-refractivity contribution in [1.82, 2.24) is 9.55 Å². The number of carboxylic acids is 1. The number of aromatic nitrogens is 2. The van der Waals surface area contributed by atoms with Gasteiger partial charge in [0.2, 0.25) is 0 Å². The number of hydrogen-bond acceptors (Lipinski definition) is 3. The SMILES string of the molecule is Cn1cncc1COc1cccc(CC(=O)O)c1. The molecule has 5 heteroatoms. The number of benzene rings is 1. The van der Waals surface area contributed by atoms with Crippen LogP contribution < -0.4 is 4.74 Å². The highest BCUT2D eigenvalue weighted by atomic mass is 16.5. The fourth-order valence-electron chi connectivity index (χ4n) is 1.60. The molecule has 0 aliphatic rings. The molecule has 5 nitrogen and oxygen atoms in total. The molecule has 1 heterocycles. The van der Waals surface area contributed by atoms with Crippen molar-refractivity contribution in [2.75, 3.05) is 0 Å². The van der Waals surface area contributed by atoms with Crippen LogP contribution in [0.4, 0.5) is 0 Å². The summed E-state index contributed by atoms with van der Waals surface area (Å²) in [6.07, 6.45) is 3.45. The fraction of sp³-hybridized carbons (Fsp3) is 0.231. The van der Waals surface area contributed by atoms with E-state index >= 15 is 0 Å². The summed E-state index contributed by atoms with van der Waals surface area (Å²) in [5.74, 6) is -0.186. The number of rotatable bonds is 5. The maximum atomic E-state index is 10.6. The number of nitrogens with zero attached hydrogens (tertiary/aromatic N) is 2. The van der Waals surface area contributed by atoms with E-state index in [-0.39, 0.29) is 6.42 Å². The molecule has 0 aliphatic carbocycles. The second-order valence-corrected chi connectivity index (χ2v) is 4.00. The smallest absolute Gasteiger partial charge is 0.307 e. The fourth-order valence-corrected chi connectivity index (χ4v) is 1.60. The van der Waals surface area contributed by atoms with Crippen molar-refractivity contribution in [2.24, 2.45) is 7.05 Å². The Bertz CT molecular complexity index is 549. The van der Waals surface area contributed by atoms with E-state index in [1.165, 1.54) is 0 Å². The molecular weight excluding hydrogens is 232 g/mol. The number of ether oxygens (including phenoxy) is 1. The lowest BCUT2D eigenvalue weighted by Gasteiger charge is -2.07. The number of hydrogen-bond donors (Lipinski definition) is 1. The Hall–Kier alpha value is -2.30. The van der Waals surface area contributed by atoms with Crippen molar-refractivity contribution in [3.63, 3.8) is 0 Å². The molecule has 94 valence electrons. The van der Waals surface area contributed by atoms with Crippen LogP contribution in [0.5, 0.6) is 5.75 Å². The van der Waals surface area contributed by atoms with Gasteiger partial charge >= 0.3 is 5.97 Å². The summed E-state index contributed by atoms with van der Waals surface area (Å²) in [4.78, 5) is 14.6. The van der Waals surface area contributed by atoms with Gasteiger partial charge in [0.05, 0.1) is 24.6 Å². The Morgan fingerprint density at radius 3 is 3.00 bits per heavy atom. The maximum absolute atomic E-state index is 10.6. The zero-order chi connectivity index (χ0) is 13.0. The highest BCUT2D eigenvalue weighted by Crippen LogP contribution is 2.15. The molecule has 0 unspecified atom stereocenters. The second-order valence-electron chi connectivity index (χ2n) is 4.00. The number of aliphatic carboxylic acids is 1. The van der Waals surface area contributed by atoms with Crippen LogP contribution in [0.2, 0.25) is 0 Å². The molecule has 0 aliphatic heterocycles. The van der Waals surface area contributed by atoms with Crippen LogP contribution in [0.25, 0.3) is 0 Å². The summed E-state index contributed by atoms with van der Waals surface area (Å²) < 4.78 is 7.48. The molecule has 0 saturated carbocycles. The van der Waals surface area contributed by atoms with Crippen LogP contribution >= 0.6 is 0 Å². The minimum Gasteiger partial charge on any atom is -0.487 e. The third kappa shape index (κ3) is 3.10. The normalized spacial score (nSPS) is 10.3. The quantitative estimate of drug-likeness (QED) is 0.870. The monoisotopic (exact) mass is 246 g/mol. The first-order valence-electron chi connectivity index (χ1n) is 5.54. The van der Waals surface area contributed by atoms with Crippen LogP contribution in [0, 0.1) is 0 Å². The van der Waals surface area contributed by atoms with E-state index in [0.717, 1.165) is 11.3 Å². The van der Waals surface area contributed by atoms with Gasteiger partial charge in [0.1, 0.15) is 12.4 Å². The molecule has 0 bridgehead atoms. The minimum atomic E-state index is -0.848. The summed E-state index contributed by atoms with van der Waals surface area (Å²) >= 11 is 0. The predicted octanol–water partition coefficient (Wildman–Crippen LogP) is 1.63. The lowest BCUT2D eigenvalue weighted by Crippen LogP contribution is -2.03. The number of aryl methyl sites for hydroxylation is 1. The van der Waals surface area contributed by atoms with Crippen molar-refractivity contribution in [2.45, 2.75) is 13.0 Å². The molecule has 1 aromatic carbocycles. The van der Waals surface area contributed by atoms with Gasteiger partial charge in [-0.1, -0.05) is 12.1 Å². The largest absolute Gasteiger partial charge is 0.487 e. The van der Waals surface area contributed by atoms with Gasteiger partial charge in [-0.15, -0.1) is 0 Å². The summed E-state index contributed by atoms with van der Waals surface area (Å²) in [6, 6.07) is 7.11. The first-order valence-corrected chi connectivity index (χ1v) is 5.54. The van der Waals surface area contributed by atoms with E-state index in [1.807, 2.05) is 17.7 Å². The maximum Gasteiger partial charge on any atom is 0.307 e. The topological polar surface area (TPSA) is 64.4 Å². The van der Waals surface area contributed by atoms with Crippen LogP contribution in [0.15, 0.2) is 36.8 Å².